The first-order valence-corrected chi connectivity index (χ1v) is 10.1. The highest BCUT2D eigenvalue weighted by Gasteiger charge is 2.37. The zero-order valence-electron chi connectivity index (χ0n) is 17.5. The molecule has 0 spiro atoms. The average Bonchev–Trinajstić information content (AvgIpc) is 2.78. The number of carbonyl (C=O) groups is 2. The lowest BCUT2D eigenvalue weighted by Crippen LogP contribution is -2.50. The van der Waals surface area contributed by atoms with E-state index in [2.05, 4.69) is 0 Å². The number of piperidine rings is 1. The van der Waals surface area contributed by atoms with Crippen molar-refractivity contribution in [3.63, 3.8) is 0 Å². The van der Waals surface area contributed by atoms with Crippen molar-refractivity contribution in [1.29, 1.82) is 0 Å². The van der Waals surface area contributed by atoms with Crippen molar-refractivity contribution < 1.29 is 23.8 Å². The first-order chi connectivity index (χ1) is 14.5. The van der Waals surface area contributed by atoms with Crippen LogP contribution in [-0.4, -0.2) is 50.3 Å². The molecule has 2 amide bonds. The number of anilines is 1. The SMILES string of the molecule is COc1ccc(C(=O)N2CCC(N3C(=O)OC(C)c4ccccc43)CC2)c(OC)c1. The van der Waals surface area contributed by atoms with Crippen LogP contribution in [0.3, 0.4) is 0 Å². The van der Waals surface area contributed by atoms with Crippen LogP contribution in [0.5, 0.6) is 11.5 Å². The molecule has 2 aromatic carbocycles. The van der Waals surface area contributed by atoms with Gasteiger partial charge >= 0.3 is 6.09 Å². The molecule has 0 aromatic heterocycles. The number of ether oxygens (including phenoxy) is 3. The molecule has 0 N–H and O–H groups in total. The monoisotopic (exact) mass is 410 g/mol. The number of hydrogen-bond acceptors (Lipinski definition) is 5. The fourth-order valence-electron chi connectivity index (χ4n) is 4.24. The van der Waals surface area contributed by atoms with Crippen LogP contribution in [0.1, 0.15) is 41.8 Å². The van der Waals surface area contributed by atoms with E-state index in [-0.39, 0.29) is 24.1 Å². The van der Waals surface area contributed by atoms with E-state index in [9.17, 15) is 9.59 Å². The highest BCUT2D eigenvalue weighted by molar-refractivity contribution is 5.97. The second kappa shape index (κ2) is 8.26. The van der Waals surface area contributed by atoms with Crippen LogP contribution in [0.15, 0.2) is 42.5 Å². The molecule has 2 heterocycles. The molecular formula is C23H26N2O5. The number of hydrogen-bond donors (Lipinski definition) is 0. The second-order valence-electron chi connectivity index (χ2n) is 7.54. The Morgan fingerprint density at radius 1 is 1.07 bits per heavy atom. The molecule has 7 heteroatoms. The molecule has 158 valence electrons. The predicted octanol–water partition coefficient (Wildman–Crippen LogP) is 4.03. The van der Waals surface area contributed by atoms with Crippen molar-refractivity contribution >= 4 is 17.7 Å². The Hall–Kier alpha value is -3.22. The normalized spacial score (nSPS) is 19.2. The third-order valence-corrected chi connectivity index (χ3v) is 5.86. The van der Waals surface area contributed by atoms with Crippen molar-refractivity contribution in [2.24, 2.45) is 0 Å². The summed E-state index contributed by atoms with van der Waals surface area (Å²) in [7, 11) is 3.11. The molecule has 0 bridgehead atoms. The third-order valence-electron chi connectivity index (χ3n) is 5.86. The lowest BCUT2D eigenvalue weighted by atomic mass is 9.98. The summed E-state index contributed by atoms with van der Waals surface area (Å²) >= 11 is 0. The highest BCUT2D eigenvalue weighted by Crippen LogP contribution is 2.37. The van der Waals surface area contributed by atoms with E-state index >= 15 is 0 Å². The van der Waals surface area contributed by atoms with Gasteiger partial charge in [-0.2, -0.15) is 0 Å². The van der Waals surface area contributed by atoms with E-state index in [1.807, 2.05) is 36.1 Å². The number of rotatable bonds is 4. The first-order valence-electron chi connectivity index (χ1n) is 10.1. The minimum absolute atomic E-state index is 0.00652. The molecule has 0 saturated carbocycles. The van der Waals surface area contributed by atoms with E-state index in [4.69, 9.17) is 14.2 Å². The van der Waals surface area contributed by atoms with Gasteiger partial charge in [0, 0.05) is 30.8 Å². The Bertz CT molecular complexity index is 952. The summed E-state index contributed by atoms with van der Waals surface area (Å²) in [6.07, 6.45) is 0.793. The van der Waals surface area contributed by atoms with Gasteiger partial charge in [-0.15, -0.1) is 0 Å². The maximum atomic E-state index is 13.1. The molecule has 2 aromatic rings. The Labute approximate surface area is 176 Å². The number of cyclic esters (lactones) is 1. The van der Waals surface area contributed by atoms with Gasteiger partial charge in [0.05, 0.1) is 25.5 Å². The molecule has 30 heavy (non-hydrogen) atoms. The van der Waals surface area contributed by atoms with Crippen LogP contribution in [0.2, 0.25) is 0 Å². The number of nitrogens with zero attached hydrogens (tertiary/aromatic N) is 2. The maximum absolute atomic E-state index is 13.1. The van der Waals surface area contributed by atoms with E-state index in [1.54, 1.807) is 30.2 Å². The fourth-order valence-corrected chi connectivity index (χ4v) is 4.24. The summed E-state index contributed by atoms with van der Waals surface area (Å²) in [5.74, 6) is 1.05. The van der Waals surface area contributed by atoms with E-state index < -0.39 is 0 Å². The molecule has 1 atom stereocenters. The van der Waals surface area contributed by atoms with Crippen LogP contribution < -0.4 is 14.4 Å². The molecule has 0 aliphatic carbocycles. The predicted molar refractivity (Wildman–Crippen MR) is 112 cm³/mol. The molecule has 7 nitrogen and oxygen atoms in total. The van der Waals surface area contributed by atoms with Crippen molar-refractivity contribution in [3.8, 4) is 11.5 Å². The van der Waals surface area contributed by atoms with Gasteiger partial charge in [0.2, 0.25) is 0 Å². The zero-order valence-corrected chi connectivity index (χ0v) is 17.5. The first kappa shape index (κ1) is 20.1. The average molecular weight is 410 g/mol. The van der Waals surface area contributed by atoms with Gasteiger partial charge in [-0.1, -0.05) is 18.2 Å². The highest BCUT2D eigenvalue weighted by atomic mass is 16.6. The Balaban J connectivity index is 1.49. The van der Waals surface area contributed by atoms with Crippen LogP contribution in [0.25, 0.3) is 0 Å². The Kier molecular flexibility index (Phi) is 5.53. The smallest absolute Gasteiger partial charge is 0.415 e. The summed E-state index contributed by atoms with van der Waals surface area (Å²) in [6, 6.07) is 13.0. The van der Waals surface area contributed by atoms with Crippen molar-refractivity contribution in [2.75, 3.05) is 32.2 Å². The Morgan fingerprint density at radius 3 is 2.50 bits per heavy atom. The van der Waals surface area contributed by atoms with E-state index in [0.717, 1.165) is 11.3 Å². The largest absolute Gasteiger partial charge is 0.497 e. The second-order valence-corrected chi connectivity index (χ2v) is 7.54. The summed E-state index contributed by atoms with van der Waals surface area (Å²) in [6.45, 7) is 3.00. The van der Waals surface area contributed by atoms with Crippen molar-refractivity contribution in [2.45, 2.75) is 31.9 Å². The topological polar surface area (TPSA) is 68.3 Å². The van der Waals surface area contributed by atoms with Gasteiger partial charge in [0.15, 0.2) is 0 Å². The zero-order chi connectivity index (χ0) is 21.3. The van der Waals surface area contributed by atoms with Gasteiger partial charge in [-0.25, -0.2) is 4.79 Å². The number of carbonyl (C=O) groups excluding carboxylic acids is 2. The molecule has 2 aliphatic heterocycles. The lowest BCUT2D eigenvalue weighted by Gasteiger charge is -2.41. The van der Waals surface area contributed by atoms with Gasteiger partial charge in [0.25, 0.3) is 5.91 Å². The van der Waals surface area contributed by atoms with Crippen LogP contribution in [-0.2, 0) is 4.74 Å². The number of methoxy groups -OCH3 is 2. The standard InChI is InChI=1S/C23H26N2O5/c1-15-18-6-4-5-7-20(18)25(23(27)30-15)16-10-12-24(13-11-16)22(26)19-9-8-17(28-2)14-21(19)29-3/h4-9,14-16H,10-13H2,1-3H3. The fraction of sp³-hybridized carbons (Fsp3) is 0.391. The van der Waals surface area contributed by atoms with Gasteiger partial charge in [-0.3, -0.25) is 9.69 Å². The summed E-state index contributed by atoms with van der Waals surface area (Å²) < 4.78 is 16.1. The van der Waals surface area contributed by atoms with Crippen LogP contribution in [0, 0.1) is 0 Å². The quantitative estimate of drug-likeness (QED) is 0.761. The molecule has 2 aliphatic rings. The number of para-hydroxylation sites is 1. The van der Waals surface area contributed by atoms with Crippen LogP contribution >= 0.6 is 0 Å². The molecular weight excluding hydrogens is 384 g/mol. The number of likely N-dealkylation sites (tertiary alicyclic amines) is 1. The summed E-state index contributed by atoms with van der Waals surface area (Å²) in [5, 5.41) is 0. The minimum atomic E-state index is -0.317. The number of amides is 2. The summed E-state index contributed by atoms with van der Waals surface area (Å²) in [5.41, 5.74) is 2.43. The Morgan fingerprint density at radius 2 is 1.80 bits per heavy atom. The van der Waals surface area contributed by atoms with E-state index in [1.165, 1.54) is 7.11 Å². The maximum Gasteiger partial charge on any atom is 0.415 e. The number of fused-ring (bicyclic) bond motifs is 1. The van der Waals surface area contributed by atoms with Crippen LogP contribution in [0.4, 0.5) is 10.5 Å². The number of benzene rings is 2. The van der Waals surface area contributed by atoms with Gasteiger partial charge in [0.1, 0.15) is 17.6 Å². The molecule has 4 rings (SSSR count). The van der Waals surface area contributed by atoms with Gasteiger partial charge < -0.3 is 19.1 Å². The molecule has 1 unspecified atom stereocenters. The molecule has 0 radical (unpaired) electrons. The van der Waals surface area contributed by atoms with Crippen molar-refractivity contribution in [3.05, 3.63) is 53.6 Å². The van der Waals surface area contributed by atoms with Crippen molar-refractivity contribution in [1.82, 2.24) is 4.90 Å². The molecule has 1 fully saturated rings. The molecule has 1 saturated heterocycles. The lowest BCUT2D eigenvalue weighted by molar-refractivity contribution is 0.0699. The summed E-state index contributed by atoms with van der Waals surface area (Å²) in [4.78, 5) is 29.3. The van der Waals surface area contributed by atoms with Gasteiger partial charge in [-0.05, 0) is 38.0 Å². The third kappa shape index (κ3) is 3.56. The minimum Gasteiger partial charge on any atom is -0.497 e. The van der Waals surface area contributed by atoms with E-state index in [0.29, 0.717) is 43.0 Å².